The molecule has 0 amide bonds. The molecule has 0 radical (unpaired) electrons. The third-order valence-electron chi connectivity index (χ3n) is 3.07. The first-order chi connectivity index (χ1) is 9.58. The van der Waals surface area contributed by atoms with Crippen molar-refractivity contribution >= 4 is 17.3 Å². The molecule has 1 N–H and O–H groups in total. The van der Waals surface area contributed by atoms with Crippen LogP contribution >= 0.6 is 11.3 Å². The highest BCUT2D eigenvalue weighted by Gasteiger charge is 2.14. The molecule has 3 nitrogen and oxygen atoms in total. The summed E-state index contributed by atoms with van der Waals surface area (Å²) >= 11 is 1.70. The third-order valence-corrected chi connectivity index (χ3v) is 4.01. The largest absolute Gasteiger partial charge is 0.478 e. The van der Waals surface area contributed by atoms with Gasteiger partial charge in [0.25, 0.3) is 0 Å². The van der Waals surface area contributed by atoms with Crippen molar-refractivity contribution < 1.29 is 14.3 Å². The Morgan fingerprint density at radius 2 is 2.15 bits per heavy atom. The molecule has 2 rings (SSSR count). The predicted molar refractivity (Wildman–Crippen MR) is 77.7 cm³/mol. The number of thiophene rings is 1. The Balaban J connectivity index is 1.99. The van der Waals surface area contributed by atoms with Crippen molar-refractivity contribution in [2.75, 3.05) is 13.6 Å². The van der Waals surface area contributed by atoms with Crippen LogP contribution in [-0.4, -0.2) is 29.6 Å². The molecule has 0 saturated heterocycles. The van der Waals surface area contributed by atoms with Crippen LogP contribution in [0.5, 0.6) is 0 Å². The van der Waals surface area contributed by atoms with Gasteiger partial charge in [-0.15, -0.1) is 11.3 Å². The second-order valence-corrected chi connectivity index (χ2v) is 5.68. The maximum Gasteiger partial charge on any atom is 0.338 e. The first-order valence-corrected chi connectivity index (χ1v) is 7.17. The normalized spacial score (nSPS) is 10.9. The van der Waals surface area contributed by atoms with E-state index in [-0.39, 0.29) is 5.56 Å². The van der Waals surface area contributed by atoms with Crippen LogP contribution in [0.1, 0.15) is 20.8 Å². The quantitative estimate of drug-likeness (QED) is 0.888. The highest BCUT2D eigenvalue weighted by atomic mass is 32.1. The van der Waals surface area contributed by atoms with E-state index >= 15 is 0 Å². The van der Waals surface area contributed by atoms with E-state index in [2.05, 4.69) is 6.07 Å². The van der Waals surface area contributed by atoms with Gasteiger partial charge in [0.2, 0.25) is 0 Å². The summed E-state index contributed by atoms with van der Waals surface area (Å²) < 4.78 is 14.0. The van der Waals surface area contributed by atoms with E-state index in [0.717, 1.165) is 13.0 Å². The molecule has 0 unspecified atom stereocenters. The van der Waals surface area contributed by atoms with Crippen molar-refractivity contribution in [1.29, 1.82) is 0 Å². The maximum atomic E-state index is 14.0. The Bertz CT molecular complexity index is 584. The van der Waals surface area contributed by atoms with E-state index in [1.54, 1.807) is 23.5 Å². The minimum atomic E-state index is -1.23. The summed E-state index contributed by atoms with van der Waals surface area (Å²) in [6.07, 6.45) is 0.911. The molecule has 0 fully saturated rings. The van der Waals surface area contributed by atoms with E-state index < -0.39 is 11.8 Å². The van der Waals surface area contributed by atoms with Crippen LogP contribution in [-0.2, 0) is 13.0 Å². The van der Waals surface area contributed by atoms with Gasteiger partial charge < -0.3 is 10.0 Å². The Morgan fingerprint density at radius 3 is 2.80 bits per heavy atom. The highest BCUT2D eigenvalue weighted by Crippen LogP contribution is 2.15. The molecule has 5 heteroatoms. The van der Waals surface area contributed by atoms with Gasteiger partial charge in [-0.2, -0.15) is 0 Å². The van der Waals surface area contributed by atoms with E-state index in [0.29, 0.717) is 12.1 Å². The van der Waals surface area contributed by atoms with Crippen LogP contribution in [0, 0.1) is 5.82 Å². The number of carbonyl (C=O) groups is 1. The van der Waals surface area contributed by atoms with Crippen LogP contribution in [0.4, 0.5) is 4.39 Å². The van der Waals surface area contributed by atoms with Crippen molar-refractivity contribution in [3.05, 3.63) is 57.5 Å². The lowest BCUT2D eigenvalue weighted by Crippen LogP contribution is -2.21. The number of carboxylic acid groups (broad SMARTS) is 1. The predicted octanol–water partition coefficient (Wildman–Crippen LogP) is 3.26. The lowest BCUT2D eigenvalue weighted by molar-refractivity contribution is 0.0691. The number of carboxylic acids is 1. The van der Waals surface area contributed by atoms with Crippen molar-refractivity contribution in [3.8, 4) is 0 Å². The first-order valence-electron chi connectivity index (χ1n) is 6.29. The van der Waals surface area contributed by atoms with Gasteiger partial charge in [0, 0.05) is 23.5 Å². The summed E-state index contributed by atoms with van der Waals surface area (Å²) in [7, 11) is 1.90. The first kappa shape index (κ1) is 14.7. The van der Waals surface area contributed by atoms with E-state index in [9.17, 15) is 9.18 Å². The summed E-state index contributed by atoms with van der Waals surface area (Å²) in [6, 6.07) is 8.57. The number of halogens is 1. The molecule has 1 aromatic carbocycles. The molecule has 0 bridgehead atoms. The Hall–Kier alpha value is -1.72. The Labute approximate surface area is 121 Å². The summed E-state index contributed by atoms with van der Waals surface area (Å²) in [6.45, 7) is 1.20. The summed E-state index contributed by atoms with van der Waals surface area (Å²) in [5.41, 5.74) is 0.146. The summed E-state index contributed by atoms with van der Waals surface area (Å²) in [5, 5.41) is 10.9. The van der Waals surface area contributed by atoms with E-state index in [4.69, 9.17) is 5.11 Å². The van der Waals surface area contributed by atoms with Gasteiger partial charge in [0.05, 0.1) is 5.56 Å². The zero-order valence-corrected chi connectivity index (χ0v) is 12.0. The van der Waals surface area contributed by atoms with Gasteiger partial charge in [-0.1, -0.05) is 18.2 Å². The summed E-state index contributed by atoms with van der Waals surface area (Å²) in [4.78, 5) is 14.2. The van der Waals surface area contributed by atoms with Gasteiger partial charge in [-0.25, -0.2) is 9.18 Å². The monoisotopic (exact) mass is 293 g/mol. The molecular formula is C15H16FNO2S. The zero-order valence-electron chi connectivity index (χ0n) is 11.2. The van der Waals surface area contributed by atoms with Crippen molar-refractivity contribution in [2.24, 2.45) is 0 Å². The van der Waals surface area contributed by atoms with Gasteiger partial charge in [-0.05, 0) is 31.0 Å². The fraction of sp³-hybridized carbons (Fsp3) is 0.267. The molecular weight excluding hydrogens is 277 g/mol. The molecule has 0 aliphatic rings. The minimum Gasteiger partial charge on any atom is -0.478 e. The fourth-order valence-corrected chi connectivity index (χ4v) is 2.69. The summed E-state index contributed by atoms with van der Waals surface area (Å²) in [5.74, 6) is -1.87. The molecule has 0 aliphatic heterocycles. The SMILES string of the molecule is CN(CCc1cccs1)Cc1cccc(C(=O)O)c1F. The number of rotatable bonds is 6. The minimum absolute atomic E-state index is 0.269. The fourth-order valence-electron chi connectivity index (χ4n) is 1.99. The third kappa shape index (κ3) is 3.65. The lowest BCUT2D eigenvalue weighted by Gasteiger charge is -2.17. The van der Waals surface area contributed by atoms with Gasteiger partial charge in [-0.3, -0.25) is 0 Å². The van der Waals surface area contributed by atoms with E-state index in [1.165, 1.54) is 10.9 Å². The lowest BCUT2D eigenvalue weighted by atomic mass is 10.1. The molecule has 20 heavy (non-hydrogen) atoms. The number of nitrogens with zero attached hydrogens (tertiary/aromatic N) is 1. The van der Waals surface area contributed by atoms with Crippen LogP contribution < -0.4 is 0 Å². The number of hydrogen-bond acceptors (Lipinski definition) is 3. The molecule has 0 spiro atoms. The van der Waals surface area contributed by atoms with Crippen LogP contribution in [0.15, 0.2) is 35.7 Å². The molecule has 1 aromatic heterocycles. The molecule has 0 aliphatic carbocycles. The van der Waals surface area contributed by atoms with Gasteiger partial charge in [0.1, 0.15) is 5.82 Å². The maximum absolute atomic E-state index is 14.0. The van der Waals surface area contributed by atoms with Crippen LogP contribution in [0.25, 0.3) is 0 Å². The van der Waals surface area contributed by atoms with Gasteiger partial charge in [0.15, 0.2) is 0 Å². The van der Waals surface area contributed by atoms with Crippen molar-refractivity contribution in [2.45, 2.75) is 13.0 Å². The number of hydrogen-bond donors (Lipinski definition) is 1. The van der Waals surface area contributed by atoms with Crippen molar-refractivity contribution in [1.82, 2.24) is 4.90 Å². The average Bonchev–Trinajstić information content (AvgIpc) is 2.91. The second-order valence-electron chi connectivity index (χ2n) is 4.65. The molecule has 0 saturated carbocycles. The smallest absolute Gasteiger partial charge is 0.338 e. The average molecular weight is 293 g/mol. The van der Waals surface area contributed by atoms with E-state index in [1.807, 2.05) is 23.4 Å². The highest BCUT2D eigenvalue weighted by molar-refractivity contribution is 7.09. The van der Waals surface area contributed by atoms with Gasteiger partial charge >= 0.3 is 5.97 Å². The van der Waals surface area contributed by atoms with Crippen LogP contribution in [0.2, 0.25) is 0 Å². The molecule has 1 heterocycles. The zero-order chi connectivity index (χ0) is 14.5. The van der Waals surface area contributed by atoms with Crippen LogP contribution in [0.3, 0.4) is 0 Å². The topological polar surface area (TPSA) is 40.5 Å². The molecule has 0 atom stereocenters. The Kier molecular flexibility index (Phi) is 4.87. The molecule has 2 aromatic rings. The number of aromatic carboxylic acids is 1. The Morgan fingerprint density at radius 1 is 1.35 bits per heavy atom. The standard InChI is InChI=1S/C15H16FNO2S/c1-17(8-7-12-5-3-9-20-12)10-11-4-2-6-13(14(11)16)15(18)19/h2-6,9H,7-8,10H2,1H3,(H,18,19). The number of benzene rings is 1. The second kappa shape index (κ2) is 6.63. The van der Waals surface area contributed by atoms with Crippen molar-refractivity contribution in [3.63, 3.8) is 0 Å². The number of likely N-dealkylation sites (N-methyl/N-ethyl adjacent to an activating group) is 1. The molecule has 106 valence electrons.